The molecular weight excluding hydrogens is 406 g/mol. The fourth-order valence-electron chi connectivity index (χ4n) is 3.45. The van der Waals surface area contributed by atoms with Gasteiger partial charge in [-0.15, -0.1) is 0 Å². The molecule has 0 saturated carbocycles. The van der Waals surface area contributed by atoms with Crippen molar-refractivity contribution < 1.29 is 22.8 Å². The number of carbonyl (C=O) groups excluding carboxylic acids is 3. The van der Waals surface area contributed by atoms with Crippen molar-refractivity contribution in [2.45, 2.75) is 31.5 Å². The van der Waals surface area contributed by atoms with Gasteiger partial charge in [-0.2, -0.15) is 4.31 Å². The van der Waals surface area contributed by atoms with Crippen molar-refractivity contribution in [3.05, 3.63) is 71.8 Å². The molecule has 1 fully saturated rings. The fourth-order valence-corrected chi connectivity index (χ4v) is 5.14. The van der Waals surface area contributed by atoms with E-state index in [0.717, 1.165) is 15.4 Å². The Labute approximate surface area is 175 Å². The van der Waals surface area contributed by atoms with E-state index < -0.39 is 39.7 Å². The SMILES string of the molecule is NC(=O)C(=O)C(Cc1ccccc1)NC(=O)[C@H]1CCS(=O)(=O)N1Cc1ccccc1. The summed E-state index contributed by atoms with van der Waals surface area (Å²) in [4.78, 5) is 36.7. The molecular formula is C21H23N3O5S. The highest BCUT2D eigenvalue weighted by Gasteiger charge is 2.42. The summed E-state index contributed by atoms with van der Waals surface area (Å²) in [6.45, 7) is 0.0500. The molecule has 0 aromatic heterocycles. The number of primary amides is 1. The zero-order chi connectivity index (χ0) is 21.7. The normalized spacial score (nSPS) is 19.1. The Morgan fingerprint density at radius 1 is 1.00 bits per heavy atom. The molecule has 0 radical (unpaired) electrons. The van der Waals surface area contributed by atoms with E-state index in [4.69, 9.17) is 5.73 Å². The second-order valence-electron chi connectivity index (χ2n) is 7.13. The van der Waals surface area contributed by atoms with Crippen molar-refractivity contribution in [1.29, 1.82) is 0 Å². The fraction of sp³-hybridized carbons (Fsp3) is 0.286. The largest absolute Gasteiger partial charge is 0.363 e. The lowest BCUT2D eigenvalue weighted by molar-refractivity contribution is -0.138. The van der Waals surface area contributed by atoms with E-state index in [2.05, 4.69) is 5.32 Å². The van der Waals surface area contributed by atoms with E-state index in [9.17, 15) is 22.8 Å². The van der Waals surface area contributed by atoms with Crippen LogP contribution in [0, 0.1) is 0 Å². The monoisotopic (exact) mass is 429 g/mol. The molecule has 0 aliphatic carbocycles. The van der Waals surface area contributed by atoms with Crippen LogP contribution in [0.4, 0.5) is 0 Å². The van der Waals surface area contributed by atoms with Gasteiger partial charge in [0.05, 0.1) is 5.75 Å². The van der Waals surface area contributed by atoms with E-state index in [1.165, 1.54) is 0 Å². The standard InChI is InChI=1S/C21H23N3O5S/c22-20(26)19(25)17(13-15-7-3-1-4-8-15)23-21(27)18-11-12-30(28,29)24(18)14-16-9-5-2-6-10-16/h1-10,17-18H,11-14H2,(H2,22,26)(H,23,27)/t17?,18-/m1/s1. The Bertz CT molecular complexity index is 1030. The molecule has 158 valence electrons. The van der Waals surface area contributed by atoms with Gasteiger partial charge in [0.2, 0.25) is 21.7 Å². The summed E-state index contributed by atoms with van der Waals surface area (Å²) >= 11 is 0. The van der Waals surface area contributed by atoms with Crippen LogP contribution in [0.25, 0.3) is 0 Å². The van der Waals surface area contributed by atoms with Crippen LogP contribution in [0.5, 0.6) is 0 Å². The first-order chi connectivity index (χ1) is 14.3. The topological polar surface area (TPSA) is 127 Å². The number of nitrogens with one attached hydrogen (secondary N) is 1. The average molecular weight is 429 g/mol. The second-order valence-corrected chi connectivity index (χ2v) is 9.17. The van der Waals surface area contributed by atoms with Gasteiger partial charge in [-0.05, 0) is 17.5 Å². The Morgan fingerprint density at radius 3 is 2.13 bits per heavy atom. The number of sulfonamides is 1. The number of nitrogens with two attached hydrogens (primary N) is 1. The van der Waals surface area contributed by atoms with E-state index in [1.54, 1.807) is 54.6 Å². The molecule has 2 aromatic carbocycles. The molecule has 1 unspecified atom stereocenters. The molecule has 0 spiro atoms. The first-order valence-electron chi connectivity index (χ1n) is 9.49. The summed E-state index contributed by atoms with van der Waals surface area (Å²) in [5.41, 5.74) is 6.63. The van der Waals surface area contributed by atoms with Gasteiger partial charge >= 0.3 is 0 Å². The number of benzene rings is 2. The van der Waals surface area contributed by atoms with Crippen molar-refractivity contribution in [2.24, 2.45) is 5.73 Å². The Balaban J connectivity index is 1.79. The van der Waals surface area contributed by atoms with E-state index in [-0.39, 0.29) is 25.1 Å². The van der Waals surface area contributed by atoms with Gasteiger partial charge in [0.1, 0.15) is 12.1 Å². The van der Waals surface area contributed by atoms with Gasteiger partial charge in [-0.1, -0.05) is 60.7 Å². The van der Waals surface area contributed by atoms with Crippen molar-refractivity contribution in [3.8, 4) is 0 Å². The van der Waals surface area contributed by atoms with Crippen LogP contribution in [-0.2, 0) is 37.4 Å². The minimum atomic E-state index is -3.61. The van der Waals surface area contributed by atoms with Crippen molar-refractivity contribution in [1.82, 2.24) is 9.62 Å². The highest BCUT2D eigenvalue weighted by molar-refractivity contribution is 7.89. The number of hydrogen-bond donors (Lipinski definition) is 2. The zero-order valence-electron chi connectivity index (χ0n) is 16.2. The summed E-state index contributed by atoms with van der Waals surface area (Å²) in [5.74, 6) is -2.87. The third kappa shape index (κ3) is 5.11. The zero-order valence-corrected chi connectivity index (χ0v) is 17.0. The lowest BCUT2D eigenvalue weighted by Gasteiger charge is -2.24. The lowest BCUT2D eigenvalue weighted by atomic mass is 10.0. The minimum Gasteiger partial charge on any atom is -0.363 e. The number of nitrogens with zero attached hydrogens (tertiary/aromatic N) is 1. The van der Waals surface area contributed by atoms with Crippen LogP contribution in [0.3, 0.4) is 0 Å². The van der Waals surface area contributed by atoms with Crippen molar-refractivity contribution >= 4 is 27.6 Å². The predicted molar refractivity (Wildman–Crippen MR) is 110 cm³/mol. The van der Waals surface area contributed by atoms with Crippen LogP contribution >= 0.6 is 0 Å². The third-order valence-electron chi connectivity index (χ3n) is 5.00. The maximum Gasteiger partial charge on any atom is 0.287 e. The molecule has 1 aliphatic rings. The molecule has 3 rings (SSSR count). The number of ketones is 1. The van der Waals surface area contributed by atoms with E-state index >= 15 is 0 Å². The number of Topliss-reactive ketones (excluding diaryl/α,β-unsaturated/α-hetero) is 1. The summed E-state index contributed by atoms with van der Waals surface area (Å²) < 4.78 is 26.2. The van der Waals surface area contributed by atoms with Gasteiger partial charge < -0.3 is 11.1 Å². The van der Waals surface area contributed by atoms with Crippen LogP contribution in [0.1, 0.15) is 17.5 Å². The predicted octanol–water partition coefficient (Wildman–Crippen LogP) is 0.373. The number of carbonyl (C=O) groups is 3. The molecule has 2 atom stereocenters. The van der Waals surface area contributed by atoms with Gasteiger partial charge in [0, 0.05) is 13.0 Å². The summed E-state index contributed by atoms with van der Waals surface area (Å²) in [6.07, 6.45) is 0.177. The van der Waals surface area contributed by atoms with Gasteiger partial charge in [0.25, 0.3) is 5.91 Å². The quantitative estimate of drug-likeness (QED) is 0.587. The van der Waals surface area contributed by atoms with Gasteiger partial charge in [-0.25, -0.2) is 8.42 Å². The molecule has 9 heteroatoms. The van der Waals surface area contributed by atoms with Gasteiger partial charge in [0.15, 0.2) is 0 Å². The third-order valence-corrected chi connectivity index (χ3v) is 6.85. The molecule has 1 heterocycles. The molecule has 8 nitrogen and oxygen atoms in total. The molecule has 1 saturated heterocycles. The summed E-state index contributed by atoms with van der Waals surface area (Å²) in [7, 11) is -3.61. The molecule has 2 amide bonds. The first kappa shape index (κ1) is 21.7. The second kappa shape index (κ2) is 9.19. The van der Waals surface area contributed by atoms with Gasteiger partial charge in [-0.3, -0.25) is 14.4 Å². The molecule has 3 N–H and O–H groups in total. The average Bonchev–Trinajstić information content (AvgIpc) is 3.02. The number of amides is 2. The summed E-state index contributed by atoms with van der Waals surface area (Å²) in [6, 6.07) is 15.7. The van der Waals surface area contributed by atoms with Crippen molar-refractivity contribution in [2.75, 3.05) is 5.75 Å². The molecule has 2 aromatic rings. The maximum atomic E-state index is 12.9. The Kier molecular flexibility index (Phi) is 6.63. The maximum absolute atomic E-state index is 12.9. The van der Waals surface area contributed by atoms with Crippen LogP contribution in [0.15, 0.2) is 60.7 Å². The Hall–Kier alpha value is -3.04. The highest BCUT2D eigenvalue weighted by Crippen LogP contribution is 2.24. The summed E-state index contributed by atoms with van der Waals surface area (Å²) in [5, 5.41) is 2.55. The van der Waals surface area contributed by atoms with Crippen LogP contribution < -0.4 is 11.1 Å². The van der Waals surface area contributed by atoms with Crippen LogP contribution in [-0.4, -0.2) is 48.2 Å². The van der Waals surface area contributed by atoms with E-state index in [0.29, 0.717) is 0 Å². The lowest BCUT2D eigenvalue weighted by Crippen LogP contribution is -2.52. The Morgan fingerprint density at radius 2 is 1.57 bits per heavy atom. The smallest absolute Gasteiger partial charge is 0.287 e. The molecule has 0 bridgehead atoms. The first-order valence-corrected chi connectivity index (χ1v) is 11.1. The molecule has 30 heavy (non-hydrogen) atoms. The highest BCUT2D eigenvalue weighted by atomic mass is 32.2. The van der Waals surface area contributed by atoms with Crippen LogP contribution in [0.2, 0.25) is 0 Å². The number of hydrogen-bond acceptors (Lipinski definition) is 5. The molecule has 1 aliphatic heterocycles. The number of rotatable bonds is 8. The van der Waals surface area contributed by atoms with E-state index in [1.807, 2.05) is 6.07 Å². The minimum absolute atomic E-state index is 0.0500. The van der Waals surface area contributed by atoms with Crippen molar-refractivity contribution in [3.63, 3.8) is 0 Å².